The predicted octanol–water partition coefficient (Wildman–Crippen LogP) is 4.38. The van der Waals surface area contributed by atoms with Crippen LogP contribution in [0.2, 0.25) is 0 Å². The number of hydrogen-bond donors (Lipinski definition) is 0. The largest absolute Gasteiger partial charge is 0.491 e. The van der Waals surface area contributed by atoms with Crippen LogP contribution >= 0.6 is 0 Å². The maximum absolute atomic E-state index is 15.7. The van der Waals surface area contributed by atoms with Crippen molar-refractivity contribution in [3.63, 3.8) is 0 Å². The molecule has 1 aliphatic heterocycles. The smallest absolute Gasteiger partial charge is 0.265 e. The Balaban J connectivity index is 1.44. The summed E-state index contributed by atoms with van der Waals surface area (Å²) < 4.78 is 26.7. The molecule has 152 valence electrons. The minimum absolute atomic E-state index is 0.0433. The standard InChI is InChI=1S/C22H25FN4O2/c1-16(2)28-19-8-6-17(7-9-19)14-27-12-4-10-22(23,15-27)21-25-20(26-29-21)18-5-3-11-24-13-18/h3,5-9,11,13,16H,4,10,12,14-15H2,1-2H3. The van der Waals surface area contributed by atoms with Crippen molar-refractivity contribution in [3.8, 4) is 17.1 Å². The Labute approximate surface area is 169 Å². The second-order valence-corrected chi connectivity index (χ2v) is 7.75. The highest BCUT2D eigenvalue weighted by molar-refractivity contribution is 5.52. The van der Waals surface area contributed by atoms with Gasteiger partial charge in [0.15, 0.2) is 0 Å². The molecule has 7 heteroatoms. The lowest BCUT2D eigenvalue weighted by molar-refractivity contribution is 0.0124. The van der Waals surface area contributed by atoms with Gasteiger partial charge in [-0.1, -0.05) is 17.3 Å². The first-order chi connectivity index (χ1) is 14.0. The molecule has 4 rings (SSSR count). The SMILES string of the molecule is CC(C)Oc1ccc(CN2CCCC(F)(c3nc(-c4cccnc4)no3)C2)cc1. The van der Waals surface area contributed by atoms with E-state index in [4.69, 9.17) is 9.26 Å². The van der Waals surface area contributed by atoms with Crippen molar-refractivity contribution in [3.05, 3.63) is 60.2 Å². The molecule has 0 amide bonds. The van der Waals surface area contributed by atoms with E-state index in [1.54, 1.807) is 18.5 Å². The normalized spacial score (nSPS) is 20.1. The number of benzene rings is 1. The Morgan fingerprint density at radius 1 is 1.24 bits per heavy atom. The van der Waals surface area contributed by atoms with E-state index in [0.29, 0.717) is 24.4 Å². The Hall–Kier alpha value is -2.80. The summed E-state index contributed by atoms with van der Waals surface area (Å²) in [5.41, 5.74) is 0.182. The highest BCUT2D eigenvalue weighted by Gasteiger charge is 2.42. The molecule has 0 bridgehead atoms. The van der Waals surface area contributed by atoms with E-state index in [0.717, 1.165) is 24.3 Å². The quantitative estimate of drug-likeness (QED) is 0.616. The van der Waals surface area contributed by atoms with Crippen molar-refractivity contribution in [1.29, 1.82) is 0 Å². The van der Waals surface area contributed by atoms with E-state index in [1.165, 1.54) is 0 Å². The second-order valence-electron chi connectivity index (χ2n) is 7.75. The van der Waals surface area contributed by atoms with Gasteiger partial charge in [-0.2, -0.15) is 4.98 Å². The molecular formula is C22H25FN4O2. The highest BCUT2D eigenvalue weighted by Crippen LogP contribution is 2.36. The van der Waals surface area contributed by atoms with Crippen LogP contribution in [0.15, 0.2) is 53.3 Å². The van der Waals surface area contributed by atoms with Gasteiger partial charge in [-0.05, 0) is 63.1 Å². The lowest BCUT2D eigenvalue weighted by Crippen LogP contribution is -2.43. The number of likely N-dealkylation sites (tertiary alicyclic amines) is 1. The first-order valence-electron chi connectivity index (χ1n) is 9.93. The van der Waals surface area contributed by atoms with Crippen LogP contribution in [0.3, 0.4) is 0 Å². The van der Waals surface area contributed by atoms with Crippen molar-refractivity contribution in [2.75, 3.05) is 13.1 Å². The van der Waals surface area contributed by atoms with E-state index in [2.05, 4.69) is 20.0 Å². The Kier molecular flexibility index (Phi) is 5.58. The summed E-state index contributed by atoms with van der Waals surface area (Å²) in [6.07, 6.45) is 4.55. The molecule has 2 aromatic heterocycles. The van der Waals surface area contributed by atoms with Gasteiger partial charge in [0.2, 0.25) is 11.5 Å². The summed E-state index contributed by atoms with van der Waals surface area (Å²) >= 11 is 0. The molecule has 0 aliphatic carbocycles. The Bertz CT molecular complexity index is 930. The fourth-order valence-electron chi connectivity index (χ4n) is 3.63. The van der Waals surface area contributed by atoms with Gasteiger partial charge in [0, 0.05) is 31.0 Å². The van der Waals surface area contributed by atoms with Gasteiger partial charge >= 0.3 is 0 Å². The molecule has 29 heavy (non-hydrogen) atoms. The number of pyridine rings is 1. The van der Waals surface area contributed by atoms with Gasteiger partial charge in [0.05, 0.1) is 6.10 Å². The Morgan fingerprint density at radius 3 is 2.79 bits per heavy atom. The number of rotatable bonds is 6. The molecule has 1 aliphatic rings. The number of alkyl halides is 1. The molecule has 1 saturated heterocycles. The van der Waals surface area contributed by atoms with Gasteiger partial charge in [-0.25, -0.2) is 4.39 Å². The molecule has 6 nitrogen and oxygen atoms in total. The minimum Gasteiger partial charge on any atom is -0.491 e. The van der Waals surface area contributed by atoms with Crippen LogP contribution in [0, 0.1) is 0 Å². The number of aromatic nitrogens is 3. The number of nitrogens with zero attached hydrogens (tertiary/aromatic N) is 4. The Morgan fingerprint density at radius 2 is 2.07 bits per heavy atom. The van der Waals surface area contributed by atoms with E-state index < -0.39 is 5.67 Å². The monoisotopic (exact) mass is 396 g/mol. The fourth-order valence-corrected chi connectivity index (χ4v) is 3.63. The zero-order chi connectivity index (χ0) is 20.3. The molecule has 1 atom stereocenters. The third-order valence-electron chi connectivity index (χ3n) is 4.95. The molecule has 1 unspecified atom stereocenters. The van der Waals surface area contributed by atoms with E-state index in [-0.39, 0.29) is 18.5 Å². The van der Waals surface area contributed by atoms with Gasteiger partial charge in [0.1, 0.15) is 5.75 Å². The van der Waals surface area contributed by atoms with Crippen molar-refractivity contribution in [2.45, 2.75) is 45.0 Å². The molecule has 3 heterocycles. The van der Waals surface area contributed by atoms with Crippen molar-refractivity contribution in [2.24, 2.45) is 0 Å². The molecular weight excluding hydrogens is 371 g/mol. The van der Waals surface area contributed by atoms with Crippen LogP contribution < -0.4 is 4.74 Å². The maximum Gasteiger partial charge on any atom is 0.265 e. The topological polar surface area (TPSA) is 64.3 Å². The summed E-state index contributed by atoms with van der Waals surface area (Å²) in [4.78, 5) is 10.5. The fraction of sp³-hybridized carbons (Fsp3) is 0.409. The first kappa shape index (κ1) is 19.5. The maximum atomic E-state index is 15.7. The number of halogens is 1. The summed E-state index contributed by atoms with van der Waals surface area (Å²) in [6, 6.07) is 11.6. The number of hydrogen-bond acceptors (Lipinski definition) is 6. The van der Waals surface area contributed by atoms with E-state index >= 15 is 4.39 Å². The lowest BCUT2D eigenvalue weighted by Gasteiger charge is -2.35. The van der Waals surface area contributed by atoms with Crippen LogP contribution in [-0.2, 0) is 12.2 Å². The summed E-state index contributed by atoms with van der Waals surface area (Å²) in [5, 5.41) is 3.95. The summed E-state index contributed by atoms with van der Waals surface area (Å²) in [5.74, 6) is 1.25. The molecule has 1 aromatic carbocycles. The molecule has 0 radical (unpaired) electrons. The van der Waals surface area contributed by atoms with Crippen LogP contribution in [-0.4, -0.2) is 39.2 Å². The molecule has 0 N–H and O–H groups in total. The molecule has 3 aromatic rings. The second kappa shape index (κ2) is 8.29. The van der Waals surface area contributed by atoms with E-state index in [1.807, 2.05) is 44.2 Å². The lowest BCUT2D eigenvalue weighted by atomic mass is 9.94. The van der Waals surface area contributed by atoms with Gasteiger partial charge < -0.3 is 9.26 Å². The summed E-state index contributed by atoms with van der Waals surface area (Å²) in [6.45, 7) is 5.72. The third kappa shape index (κ3) is 4.62. The average molecular weight is 396 g/mol. The third-order valence-corrected chi connectivity index (χ3v) is 4.95. The van der Waals surface area contributed by atoms with Gasteiger partial charge in [0.25, 0.3) is 5.89 Å². The number of piperidine rings is 1. The van der Waals surface area contributed by atoms with Crippen LogP contribution in [0.1, 0.15) is 38.1 Å². The minimum atomic E-state index is -1.65. The van der Waals surface area contributed by atoms with E-state index in [9.17, 15) is 0 Å². The average Bonchev–Trinajstić information content (AvgIpc) is 3.21. The molecule has 0 spiro atoms. The van der Waals surface area contributed by atoms with Gasteiger partial charge in [-0.3, -0.25) is 9.88 Å². The zero-order valence-electron chi connectivity index (χ0n) is 16.7. The zero-order valence-corrected chi connectivity index (χ0v) is 16.7. The highest BCUT2D eigenvalue weighted by atomic mass is 19.1. The van der Waals surface area contributed by atoms with Crippen LogP contribution in [0.5, 0.6) is 5.75 Å². The van der Waals surface area contributed by atoms with Crippen LogP contribution in [0.4, 0.5) is 4.39 Å². The van der Waals surface area contributed by atoms with Crippen LogP contribution in [0.25, 0.3) is 11.4 Å². The van der Waals surface area contributed by atoms with Crippen molar-refractivity contribution < 1.29 is 13.7 Å². The van der Waals surface area contributed by atoms with Crippen molar-refractivity contribution in [1.82, 2.24) is 20.0 Å². The number of ether oxygens (including phenoxy) is 1. The predicted molar refractivity (Wildman–Crippen MR) is 107 cm³/mol. The van der Waals surface area contributed by atoms with Crippen molar-refractivity contribution >= 4 is 0 Å². The van der Waals surface area contributed by atoms with Gasteiger partial charge in [-0.15, -0.1) is 0 Å². The molecule has 0 saturated carbocycles. The first-order valence-corrected chi connectivity index (χ1v) is 9.93. The summed E-state index contributed by atoms with van der Waals surface area (Å²) in [7, 11) is 0. The molecule has 1 fully saturated rings.